The van der Waals surface area contributed by atoms with Crippen LogP contribution in [0.15, 0.2) is 71.7 Å². The second kappa shape index (κ2) is 8.40. The average Bonchev–Trinajstić information content (AvgIpc) is 3.20. The summed E-state index contributed by atoms with van der Waals surface area (Å²) in [5, 5.41) is 0.645. The number of pyridine rings is 1. The highest BCUT2D eigenvalue weighted by Crippen LogP contribution is 2.18. The standard InChI is InChI=1S/C23H24N2O3/c26-22-11-13-24(21-9-5-4-8-20(21)22)15-23(27)25-12-10-19(14-25)17-28-16-18-6-2-1-3-7-18/h1-9,11,13,19H,10,12,14-17H2. The van der Waals surface area contributed by atoms with Crippen LogP contribution in [0.4, 0.5) is 0 Å². The minimum atomic E-state index is -0.0175. The van der Waals surface area contributed by atoms with E-state index in [0.29, 0.717) is 24.5 Å². The van der Waals surface area contributed by atoms with Gasteiger partial charge in [-0.1, -0.05) is 42.5 Å². The Hall–Kier alpha value is -2.92. The molecule has 1 saturated heterocycles. The molecule has 1 fully saturated rings. The minimum absolute atomic E-state index is 0.0175. The lowest BCUT2D eigenvalue weighted by atomic mass is 10.1. The van der Waals surface area contributed by atoms with Gasteiger partial charge < -0.3 is 14.2 Å². The Morgan fingerprint density at radius 2 is 1.82 bits per heavy atom. The highest BCUT2D eigenvalue weighted by Gasteiger charge is 2.26. The number of nitrogens with zero attached hydrogens (tertiary/aromatic N) is 2. The maximum absolute atomic E-state index is 12.8. The first-order chi connectivity index (χ1) is 13.7. The molecule has 1 atom stereocenters. The van der Waals surface area contributed by atoms with Crippen LogP contribution in [-0.4, -0.2) is 35.1 Å². The van der Waals surface area contributed by atoms with Gasteiger partial charge in [-0.05, 0) is 24.1 Å². The van der Waals surface area contributed by atoms with Crippen LogP contribution in [0.2, 0.25) is 0 Å². The molecule has 0 spiro atoms. The number of carbonyl (C=O) groups is 1. The quantitative estimate of drug-likeness (QED) is 0.664. The summed E-state index contributed by atoms with van der Waals surface area (Å²) < 4.78 is 7.70. The van der Waals surface area contributed by atoms with Crippen LogP contribution in [0.1, 0.15) is 12.0 Å². The fourth-order valence-corrected chi connectivity index (χ4v) is 3.76. The number of carbonyl (C=O) groups excluding carboxylic acids is 1. The molecule has 1 aliphatic rings. The van der Waals surface area contributed by atoms with Crippen LogP contribution >= 0.6 is 0 Å². The van der Waals surface area contributed by atoms with E-state index in [1.165, 1.54) is 11.6 Å². The number of benzene rings is 2. The zero-order chi connectivity index (χ0) is 19.3. The Kier molecular flexibility index (Phi) is 5.53. The largest absolute Gasteiger partial charge is 0.376 e. The summed E-state index contributed by atoms with van der Waals surface area (Å²) in [6.07, 6.45) is 2.67. The van der Waals surface area contributed by atoms with E-state index >= 15 is 0 Å². The van der Waals surface area contributed by atoms with Gasteiger partial charge in [0.15, 0.2) is 5.43 Å². The second-order valence-electron chi connectivity index (χ2n) is 7.32. The number of amides is 1. The molecule has 28 heavy (non-hydrogen) atoms. The number of fused-ring (bicyclic) bond motifs is 1. The van der Waals surface area contributed by atoms with Gasteiger partial charge >= 0.3 is 0 Å². The Bertz CT molecular complexity index is 1010. The smallest absolute Gasteiger partial charge is 0.242 e. The Labute approximate surface area is 164 Å². The maximum atomic E-state index is 12.8. The van der Waals surface area contributed by atoms with Gasteiger partial charge in [0.25, 0.3) is 0 Å². The number of hydrogen-bond donors (Lipinski definition) is 0. The predicted octanol–water partition coefficient (Wildman–Crippen LogP) is 3.07. The van der Waals surface area contributed by atoms with Crippen molar-refractivity contribution in [2.75, 3.05) is 19.7 Å². The molecule has 1 amide bonds. The van der Waals surface area contributed by atoms with E-state index in [1.54, 1.807) is 12.3 Å². The van der Waals surface area contributed by atoms with Crippen molar-refractivity contribution in [1.29, 1.82) is 0 Å². The van der Waals surface area contributed by atoms with Crippen LogP contribution in [0, 0.1) is 5.92 Å². The van der Waals surface area contributed by atoms with Crippen LogP contribution in [0.5, 0.6) is 0 Å². The van der Waals surface area contributed by atoms with Crippen molar-refractivity contribution < 1.29 is 9.53 Å². The molecule has 3 aromatic rings. The molecule has 4 rings (SSSR count). The summed E-state index contributed by atoms with van der Waals surface area (Å²) >= 11 is 0. The predicted molar refractivity (Wildman–Crippen MR) is 109 cm³/mol. The van der Waals surface area contributed by atoms with E-state index in [0.717, 1.165) is 25.0 Å². The van der Waals surface area contributed by atoms with Gasteiger partial charge in [0.2, 0.25) is 5.91 Å². The first-order valence-corrected chi connectivity index (χ1v) is 9.68. The second-order valence-corrected chi connectivity index (χ2v) is 7.32. The fraction of sp³-hybridized carbons (Fsp3) is 0.304. The summed E-state index contributed by atoms with van der Waals surface area (Å²) in [4.78, 5) is 26.7. The van der Waals surface area contributed by atoms with Crippen LogP contribution in [0.3, 0.4) is 0 Å². The number of aromatic nitrogens is 1. The van der Waals surface area contributed by atoms with Crippen molar-refractivity contribution in [3.8, 4) is 0 Å². The first-order valence-electron chi connectivity index (χ1n) is 9.68. The Morgan fingerprint density at radius 3 is 2.68 bits per heavy atom. The van der Waals surface area contributed by atoms with E-state index in [4.69, 9.17) is 4.74 Å². The highest BCUT2D eigenvalue weighted by atomic mass is 16.5. The number of ether oxygens (including phenoxy) is 1. The number of hydrogen-bond acceptors (Lipinski definition) is 3. The summed E-state index contributed by atoms with van der Waals surface area (Å²) in [7, 11) is 0. The van der Waals surface area contributed by atoms with E-state index < -0.39 is 0 Å². The molecule has 144 valence electrons. The summed E-state index contributed by atoms with van der Waals surface area (Å²) in [6, 6.07) is 19.1. The molecule has 1 aliphatic heterocycles. The van der Waals surface area contributed by atoms with E-state index in [1.807, 2.05) is 45.9 Å². The summed E-state index contributed by atoms with van der Waals surface area (Å²) in [5.41, 5.74) is 1.94. The molecule has 2 heterocycles. The fourth-order valence-electron chi connectivity index (χ4n) is 3.76. The molecular formula is C23H24N2O3. The Morgan fingerprint density at radius 1 is 1.04 bits per heavy atom. The lowest BCUT2D eigenvalue weighted by molar-refractivity contribution is -0.130. The molecule has 0 N–H and O–H groups in total. The molecule has 0 saturated carbocycles. The zero-order valence-corrected chi connectivity index (χ0v) is 15.8. The van der Waals surface area contributed by atoms with Crippen LogP contribution < -0.4 is 5.43 Å². The maximum Gasteiger partial charge on any atom is 0.242 e. The van der Waals surface area contributed by atoms with E-state index in [2.05, 4.69) is 12.1 Å². The topological polar surface area (TPSA) is 51.5 Å². The molecule has 1 unspecified atom stereocenters. The number of likely N-dealkylation sites (tertiary alicyclic amines) is 1. The van der Waals surface area contributed by atoms with Crippen LogP contribution in [-0.2, 0) is 22.7 Å². The zero-order valence-electron chi connectivity index (χ0n) is 15.8. The minimum Gasteiger partial charge on any atom is -0.376 e. The van der Waals surface area contributed by atoms with Crippen molar-refractivity contribution in [1.82, 2.24) is 9.47 Å². The van der Waals surface area contributed by atoms with Gasteiger partial charge in [-0.25, -0.2) is 0 Å². The molecule has 5 heteroatoms. The third-order valence-corrected chi connectivity index (χ3v) is 5.29. The highest BCUT2D eigenvalue weighted by molar-refractivity contribution is 5.82. The van der Waals surface area contributed by atoms with Crippen molar-refractivity contribution in [2.24, 2.45) is 5.92 Å². The van der Waals surface area contributed by atoms with Gasteiger partial charge in [-0.15, -0.1) is 0 Å². The van der Waals surface area contributed by atoms with Crippen molar-refractivity contribution in [3.05, 3.63) is 82.6 Å². The molecule has 2 aromatic carbocycles. The van der Waals surface area contributed by atoms with E-state index in [9.17, 15) is 9.59 Å². The van der Waals surface area contributed by atoms with Crippen molar-refractivity contribution in [3.63, 3.8) is 0 Å². The first kappa shape index (κ1) is 18.4. The third kappa shape index (κ3) is 4.15. The monoisotopic (exact) mass is 376 g/mol. The normalized spacial score (nSPS) is 16.6. The van der Waals surface area contributed by atoms with Crippen molar-refractivity contribution in [2.45, 2.75) is 19.6 Å². The van der Waals surface area contributed by atoms with Gasteiger partial charge in [0, 0.05) is 36.7 Å². The van der Waals surface area contributed by atoms with Gasteiger partial charge in [-0.2, -0.15) is 0 Å². The molecule has 0 radical (unpaired) electrons. The third-order valence-electron chi connectivity index (χ3n) is 5.29. The van der Waals surface area contributed by atoms with Gasteiger partial charge in [0.05, 0.1) is 18.7 Å². The summed E-state index contributed by atoms with van der Waals surface area (Å²) in [6.45, 7) is 3.01. The molecule has 5 nitrogen and oxygen atoms in total. The molecular weight excluding hydrogens is 352 g/mol. The van der Waals surface area contributed by atoms with Gasteiger partial charge in [0.1, 0.15) is 6.54 Å². The average molecular weight is 376 g/mol. The SMILES string of the molecule is O=C(Cn1ccc(=O)c2ccccc21)N1CCC(COCc2ccccc2)C1. The van der Waals surface area contributed by atoms with Gasteiger partial charge in [-0.3, -0.25) is 9.59 Å². The molecule has 0 aliphatic carbocycles. The lowest BCUT2D eigenvalue weighted by Crippen LogP contribution is -2.32. The van der Waals surface area contributed by atoms with E-state index in [-0.39, 0.29) is 17.9 Å². The summed E-state index contributed by atoms with van der Waals surface area (Å²) in [5.74, 6) is 0.456. The number of rotatable bonds is 6. The van der Waals surface area contributed by atoms with Crippen molar-refractivity contribution >= 4 is 16.8 Å². The molecule has 1 aromatic heterocycles. The number of para-hydroxylation sites is 1. The van der Waals surface area contributed by atoms with Crippen LogP contribution in [0.25, 0.3) is 10.9 Å². The molecule has 0 bridgehead atoms. The lowest BCUT2D eigenvalue weighted by Gasteiger charge is -2.18. The Balaban J connectivity index is 1.33.